The van der Waals surface area contributed by atoms with Crippen LogP contribution >= 0.6 is 27.7 Å². The first-order chi connectivity index (χ1) is 35.4. The van der Waals surface area contributed by atoms with Gasteiger partial charge in [-0.15, -0.1) is 0 Å². The molecule has 3 aliphatic carbocycles. The summed E-state index contributed by atoms with van der Waals surface area (Å²) in [5.41, 5.74) is 11.4. The number of amides is 1. The number of allylic oxidation sites excluding steroid dienone is 8. The van der Waals surface area contributed by atoms with Gasteiger partial charge in [-0.3, -0.25) is 9.59 Å². The molecule has 75 heavy (non-hydrogen) atoms. The van der Waals surface area contributed by atoms with Crippen molar-refractivity contribution in [2.45, 2.75) is 251 Å². The molecule has 1 aromatic rings. The molecular weight excluding hydrogens is 1010 g/mol. The van der Waals surface area contributed by atoms with Crippen molar-refractivity contribution >= 4 is 45.6 Å². The number of hydrogen-bond donors (Lipinski definition) is 1. The Labute approximate surface area is 476 Å². The summed E-state index contributed by atoms with van der Waals surface area (Å²) in [4.78, 5) is 27.7. The van der Waals surface area contributed by atoms with E-state index in [9.17, 15) is 9.59 Å². The van der Waals surface area contributed by atoms with Crippen molar-refractivity contribution in [1.29, 1.82) is 0 Å². The summed E-state index contributed by atoms with van der Waals surface area (Å²) in [7, 11) is 3.45. The molecule has 1 aromatic carbocycles. The minimum atomic E-state index is -0.0198. The molecule has 1 amide bonds. The monoisotopic (exact) mass is 1120 g/mol. The summed E-state index contributed by atoms with van der Waals surface area (Å²) in [6.07, 6.45) is 30.7. The van der Waals surface area contributed by atoms with Gasteiger partial charge in [0.1, 0.15) is 0 Å². The first-order valence-corrected chi connectivity index (χ1v) is 30.9. The quantitative estimate of drug-likeness (QED) is 0.0632. The van der Waals surface area contributed by atoms with Gasteiger partial charge in [-0.2, -0.15) is 0 Å². The van der Waals surface area contributed by atoms with Crippen LogP contribution in [-0.2, 0) is 14.3 Å². The van der Waals surface area contributed by atoms with E-state index < -0.39 is 0 Å². The van der Waals surface area contributed by atoms with Gasteiger partial charge in [0.2, 0.25) is 6.41 Å². The van der Waals surface area contributed by atoms with E-state index in [1.165, 1.54) is 103 Å². The molecule has 1 fully saturated rings. The molecule has 0 aliphatic heterocycles. The second-order valence-electron chi connectivity index (χ2n) is 23.1. The molecule has 1 saturated carbocycles. The van der Waals surface area contributed by atoms with E-state index in [4.69, 9.17) is 9.47 Å². The largest absolute Gasteiger partial charge is 0.379 e. The smallest absolute Gasteiger partial charge is 0.207 e. The first kappa shape index (κ1) is 72.1. The zero-order chi connectivity index (χ0) is 57.3. The fraction of sp³-hybridized carbons (Fsp3) is 0.672. The van der Waals surface area contributed by atoms with Crippen molar-refractivity contribution in [3.05, 3.63) is 109 Å². The van der Waals surface area contributed by atoms with Crippen LogP contribution in [0.4, 0.5) is 5.69 Å². The molecule has 428 valence electrons. The highest BCUT2D eigenvalue weighted by Crippen LogP contribution is 2.41. The predicted octanol–water partition coefficient (Wildman–Crippen LogP) is 20.9. The molecule has 8 heteroatoms. The average Bonchev–Trinajstić information content (AvgIpc) is 3.88. The van der Waals surface area contributed by atoms with Gasteiger partial charge >= 0.3 is 0 Å². The zero-order valence-corrected chi connectivity index (χ0v) is 54.3. The summed E-state index contributed by atoms with van der Waals surface area (Å²) >= 11 is 5.56. The number of Topliss-reactive ketones (excluding diaryl/α,β-unsaturated/α-hetero) is 1. The summed E-state index contributed by atoms with van der Waals surface area (Å²) in [6, 6.07) is 6.34. The number of anilines is 1. The lowest BCUT2D eigenvalue weighted by molar-refractivity contribution is -0.109. The van der Waals surface area contributed by atoms with E-state index in [1.54, 1.807) is 14.2 Å². The molecule has 0 saturated heterocycles. The lowest BCUT2D eigenvalue weighted by Crippen LogP contribution is -2.39. The third-order valence-corrected chi connectivity index (χ3v) is 17.2. The van der Waals surface area contributed by atoms with Crippen molar-refractivity contribution in [1.82, 2.24) is 5.32 Å². The number of rotatable bonds is 24. The van der Waals surface area contributed by atoms with E-state index >= 15 is 0 Å². The van der Waals surface area contributed by atoms with Crippen LogP contribution < -0.4 is 10.2 Å². The predicted molar refractivity (Wildman–Crippen MR) is 337 cm³/mol. The first-order valence-electron chi connectivity index (χ1n) is 29.2. The van der Waals surface area contributed by atoms with Gasteiger partial charge in [0, 0.05) is 41.8 Å². The van der Waals surface area contributed by atoms with E-state index in [0.29, 0.717) is 18.4 Å². The molecule has 0 radical (unpaired) electrons. The number of nitrogens with one attached hydrogen (secondary N) is 1. The molecule has 6 nitrogen and oxygen atoms in total. The van der Waals surface area contributed by atoms with E-state index in [-0.39, 0.29) is 28.9 Å². The number of unbranched alkanes of at least 4 members (excludes halogenated alkanes) is 2. The number of carbonyl (C=O) groups excluding carboxylic acids is 2. The Morgan fingerprint density at radius 2 is 1.53 bits per heavy atom. The fourth-order valence-corrected chi connectivity index (χ4v) is 10.1. The van der Waals surface area contributed by atoms with Crippen LogP contribution in [0.3, 0.4) is 0 Å². The average molecular weight is 1120 g/mol. The molecule has 0 spiro atoms. The third kappa shape index (κ3) is 28.5. The summed E-state index contributed by atoms with van der Waals surface area (Å²) < 4.78 is 10.9. The van der Waals surface area contributed by atoms with Crippen molar-refractivity contribution in [3.63, 3.8) is 0 Å². The molecule has 4 unspecified atom stereocenters. The topological polar surface area (TPSA) is 67.9 Å². The highest BCUT2D eigenvalue weighted by Gasteiger charge is 2.32. The van der Waals surface area contributed by atoms with E-state index in [2.05, 4.69) is 172 Å². The zero-order valence-electron chi connectivity index (χ0n) is 51.9. The number of ketones is 1. The third-order valence-electron chi connectivity index (χ3n) is 15.1. The van der Waals surface area contributed by atoms with E-state index in [0.717, 1.165) is 78.7 Å². The molecular formula is C67H113BrN2O4S. The Kier molecular flexibility index (Phi) is 37.9. The Morgan fingerprint density at radius 1 is 0.907 bits per heavy atom. The molecule has 0 bridgehead atoms. The minimum absolute atomic E-state index is 0.0198. The van der Waals surface area contributed by atoms with Crippen molar-refractivity contribution in [2.75, 3.05) is 25.7 Å². The normalized spacial score (nSPS) is 16.9. The fourth-order valence-electron chi connectivity index (χ4n) is 8.52. The summed E-state index contributed by atoms with van der Waals surface area (Å²) in [5.74, 6) is 2.21. The van der Waals surface area contributed by atoms with Crippen LogP contribution in [0, 0.1) is 23.7 Å². The van der Waals surface area contributed by atoms with Gasteiger partial charge in [0.15, 0.2) is 5.78 Å². The Balaban J connectivity index is 0.00000115. The van der Waals surface area contributed by atoms with Crippen LogP contribution in [0.2, 0.25) is 0 Å². The number of nitrogens with zero attached hydrogens (tertiary/aromatic N) is 1. The maximum atomic E-state index is 13.6. The molecule has 3 aliphatic rings. The van der Waals surface area contributed by atoms with Crippen molar-refractivity contribution in [3.8, 4) is 0 Å². The van der Waals surface area contributed by atoms with Crippen LogP contribution in [-0.4, -0.2) is 50.2 Å². The number of methoxy groups -OCH3 is 2. The summed E-state index contributed by atoms with van der Waals surface area (Å²) in [6.45, 7) is 44.1. The Morgan fingerprint density at radius 3 is 1.96 bits per heavy atom. The van der Waals surface area contributed by atoms with Gasteiger partial charge in [-0.05, 0) is 182 Å². The second-order valence-corrected chi connectivity index (χ2v) is 24.8. The van der Waals surface area contributed by atoms with E-state index in [1.807, 2.05) is 45.5 Å². The number of benzene rings is 1. The lowest BCUT2D eigenvalue weighted by atomic mass is 9.82. The maximum Gasteiger partial charge on any atom is 0.207 e. The highest BCUT2D eigenvalue weighted by molar-refractivity contribution is 9.10. The van der Waals surface area contributed by atoms with Crippen molar-refractivity contribution < 1.29 is 19.1 Å². The second kappa shape index (κ2) is 39.4. The number of carbonyl (C=O) groups is 2. The molecule has 0 heterocycles. The molecule has 1 N–H and O–H groups in total. The van der Waals surface area contributed by atoms with Gasteiger partial charge < -0.3 is 19.7 Å². The molecule has 4 rings (SSSR count). The summed E-state index contributed by atoms with van der Waals surface area (Å²) in [5, 5.41) is 4.99. The van der Waals surface area contributed by atoms with Crippen LogP contribution in [0.5, 0.6) is 0 Å². The Bertz CT molecular complexity index is 2000. The highest BCUT2D eigenvalue weighted by atomic mass is 79.9. The van der Waals surface area contributed by atoms with Gasteiger partial charge in [0.05, 0.1) is 28.5 Å². The van der Waals surface area contributed by atoms with Crippen LogP contribution in [0.1, 0.15) is 244 Å². The van der Waals surface area contributed by atoms with Crippen LogP contribution in [0.15, 0.2) is 103 Å². The number of hydrogen-bond acceptors (Lipinski definition) is 6. The SMILES string of the molecule is C=C(C(C)CC)N(c1cccc(Br)c1C(=O)C(C)CC)C1CC=C(C(CCC)CCCCC)C=C1C.CC1CCCC1.CCC(C)(C)OC.CCC(C)=CSC(C1=CC=C(CNC=O)CC1)=C(C)C.COC(C)(C)C. The Hall–Kier alpha value is -2.91. The minimum Gasteiger partial charge on any atom is -0.379 e. The number of halogens is 1. The van der Waals surface area contributed by atoms with Gasteiger partial charge in [-0.1, -0.05) is 185 Å². The van der Waals surface area contributed by atoms with Gasteiger partial charge in [-0.25, -0.2) is 0 Å². The maximum absolute atomic E-state index is 13.6. The van der Waals surface area contributed by atoms with Crippen molar-refractivity contribution in [2.24, 2.45) is 23.7 Å². The lowest BCUT2D eigenvalue weighted by Gasteiger charge is -2.40. The van der Waals surface area contributed by atoms with Gasteiger partial charge in [0.25, 0.3) is 0 Å². The molecule has 4 atom stereocenters. The van der Waals surface area contributed by atoms with Crippen LogP contribution in [0.25, 0.3) is 0 Å². The number of ether oxygens (including phenoxy) is 2. The standard InChI is InChI=1S/C33H50BrNO.C17H25NOS.C6H14O.C6H12.C5H12O/c1-9-13-14-17-27(16-10-2)28-20-21-30(25(7)22-28)35(26(8)23(5)11-3)31-19-15-18-29(34)32(31)33(36)24(6)12-4;1-5-14(4)11-20-17(13(2)3)16-8-6-15(7-9-16)10-18-12-19;1-5-6(2,3)7-4;1-6-4-2-3-5-6;1-5(2,3)6-4/h15,18-20,22-24,27,30H,8-14,16-17,21H2,1-7H3;6,8,11-12H,5,7,9-10H2,1-4H3,(H,18,19);5H2,1-4H3;6H,2-5H2,1H3;1-4H3. The molecule has 0 aromatic heterocycles. The number of thioether (sulfide) groups is 1.